The normalized spacial score (nSPS) is 14.1. The molecule has 0 aromatic heterocycles. The molecule has 0 atom stereocenters. The third-order valence-corrected chi connectivity index (χ3v) is 0.925. The molecule has 0 fully saturated rings. The van der Waals surface area contributed by atoms with Gasteiger partial charge in [-0.3, -0.25) is 9.59 Å². The van der Waals surface area contributed by atoms with Gasteiger partial charge in [0.15, 0.2) is 0 Å². The molecule has 2 amide bonds. The van der Waals surface area contributed by atoms with E-state index >= 15 is 0 Å². The number of carbonyl (C=O) groups excluding carboxylic acids is 2. The summed E-state index contributed by atoms with van der Waals surface area (Å²) in [4.78, 5) is 24.4. The molecule has 13 heavy (non-hydrogen) atoms. The van der Waals surface area contributed by atoms with Gasteiger partial charge in [0.25, 0.3) is 5.91 Å². The maximum atomic E-state index is 10.5. The second kappa shape index (κ2) is 8.90. The summed E-state index contributed by atoms with van der Waals surface area (Å²) in [5.74, 6) is -0.250. The fraction of sp³-hybridized carbons (Fsp3) is 0.667. The quantitative estimate of drug-likeness (QED) is 0.583. The zero-order valence-electron chi connectivity index (χ0n) is 8.97. The van der Waals surface area contributed by atoms with E-state index in [1.165, 1.54) is 0 Å². The lowest BCUT2D eigenvalue weighted by Crippen LogP contribution is -2.34. The number of nitrogens with zero attached hydrogens (tertiary/aromatic N) is 1. The first kappa shape index (κ1) is 14.3. The summed E-state index contributed by atoms with van der Waals surface area (Å²) < 4.78 is 0. The van der Waals surface area contributed by atoms with E-state index in [1.54, 1.807) is 6.92 Å². The molecule has 1 heterocycles. The number of hydrogen-bond acceptors (Lipinski definition) is 2. The summed E-state index contributed by atoms with van der Waals surface area (Å²) in [6.45, 7) is 9.58. The van der Waals surface area contributed by atoms with E-state index in [0.717, 1.165) is 0 Å². The van der Waals surface area contributed by atoms with Gasteiger partial charge >= 0.3 is 0 Å². The summed E-state index contributed by atoms with van der Waals surface area (Å²) in [6.07, 6.45) is -0.114. The van der Waals surface area contributed by atoms with E-state index in [4.69, 9.17) is 0 Å². The van der Waals surface area contributed by atoms with Crippen LogP contribution in [0.15, 0.2) is 4.99 Å². The van der Waals surface area contributed by atoms with Gasteiger partial charge in [0, 0.05) is 0 Å². The number of aliphatic imine (C=N–C) groups is 1. The van der Waals surface area contributed by atoms with Crippen molar-refractivity contribution in [2.24, 2.45) is 4.99 Å². The van der Waals surface area contributed by atoms with Crippen molar-refractivity contribution in [1.29, 1.82) is 0 Å². The molecule has 0 unspecified atom stereocenters. The van der Waals surface area contributed by atoms with E-state index < -0.39 is 0 Å². The zero-order chi connectivity index (χ0) is 10.9. The Balaban J connectivity index is 0. The Hall–Kier alpha value is -1.19. The molecule has 1 aliphatic heterocycles. The van der Waals surface area contributed by atoms with Gasteiger partial charge in [-0.25, -0.2) is 0 Å². The molecule has 1 aliphatic rings. The average Bonchev–Trinajstić information content (AvgIpc) is 2.09. The number of rotatable bonds is 0. The van der Waals surface area contributed by atoms with Crippen molar-refractivity contribution in [3.63, 3.8) is 0 Å². The molecule has 76 valence electrons. The Labute approximate surface area is 79.4 Å². The molecule has 0 bridgehead atoms. The van der Waals surface area contributed by atoms with Crippen molar-refractivity contribution in [2.75, 3.05) is 0 Å². The monoisotopic (exact) mass is 186 g/mol. The summed E-state index contributed by atoms with van der Waals surface area (Å²) in [7, 11) is 0. The zero-order valence-corrected chi connectivity index (χ0v) is 8.97. The number of nitrogens with one attached hydrogen (secondary N) is 1. The van der Waals surface area contributed by atoms with E-state index in [2.05, 4.69) is 10.3 Å². The van der Waals surface area contributed by atoms with Crippen LogP contribution in [-0.2, 0) is 9.59 Å². The minimum Gasteiger partial charge on any atom is -0.314 e. The molecule has 1 rings (SSSR count). The predicted molar refractivity (Wildman–Crippen MR) is 53.6 cm³/mol. The predicted octanol–water partition coefficient (Wildman–Crippen LogP) is 1.50. The molecular formula is C9H18N2O2. The van der Waals surface area contributed by atoms with Crippen molar-refractivity contribution in [1.82, 2.24) is 5.32 Å². The highest BCUT2D eigenvalue weighted by Crippen LogP contribution is 1.92. The summed E-state index contributed by atoms with van der Waals surface area (Å²) in [6, 6.07) is 0. The summed E-state index contributed by atoms with van der Waals surface area (Å²) in [5, 5.41) is 2.40. The highest BCUT2D eigenvalue weighted by atomic mass is 16.2. The summed E-state index contributed by atoms with van der Waals surface area (Å²) in [5.41, 5.74) is 0. The van der Waals surface area contributed by atoms with Crippen LogP contribution in [0.25, 0.3) is 0 Å². The highest BCUT2D eigenvalue weighted by molar-refractivity contribution is 6.13. The third-order valence-electron chi connectivity index (χ3n) is 0.925. The average molecular weight is 186 g/mol. The van der Waals surface area contributed by atoms with Gasteiger partial charge in [-0.15, -0.1) is 0 Å². The van der Waals surface area contributed by atoms with E-state index in [-0.39, 0.29) is 18.2 Å². The van der Waals surface area contributed by atoms with Crippen molar-refractivity contribution >= 4 is 17.6 Å². The standard InChI is InChI=1S/C5H6N2O2.2C2H6/c1-3-6-4(8)2-5(9)7-3;2*1-2/h2H2,1H3,(H,6,7,8,9);2*1-2H3. The van der Waals surface area contributed by atoms with Crippen molar-refractivity contribution in [2.45, 2.75) is 41.0 Å². The first-order chi connectivity index (χ1) is 6.18. The highest BCUT2D eigenvalue weighted by Gasteiger charge is 2.14. The van der Waals surface area contributed by atoms with Gasteiger partial charge in [-0.2, -0.15) is 4.99 Å². The molecule has 4 heteroatoms. The fourth-order valence-electron chi connectivity index (χ4n) is 0.638. The maximum absolute atomic E-state index is 10.5. The minimum atomic E-state index is -0.365. The van der Waals surface area contributed by atoms with E-state index in [9.17, 15) is 9.59 Å². The minimum absolute atomic E-state index is 0.114. The first-order valence-corrected chi connectivity index (χ1v) is 4.56. The van der Waals surface area contributed by atoms with Crippen LogP contribution in [0.2, 0.25) is 0 Å². The molecule has 0 saturated heterocycles. The second-order valence-electron chi connectivity index (χ2n) is 1.82. The Morgan fingerprint density at radius 2 is 1.62 bits per heavy atom. The van der Waals surface area contributed by atoms with Crippen molar-refractivity contribution in [3.8, 4) is 0 Å². The molecule has 0 aromatic rings. The molecule has 4 nitrogen and oxygen atoms in total. The third kappa shape index (κ3) is 7.18. The summed E-state index contributed by atoms with van der Waals surface area (Å²) >= 11 is 0. The van der Waals surface area contributed by atoms with Crippen LogP contribution in [0.3, 0.4) is 0 Å². The van der Waals surface area contributed by atoms with Crippen LogP contribution < -0.4 is 5.32 Å². The van der Waals surface area contributed by atoms with Crippen LogP contribution in [0, 0.1) is 0 Å². The maximum Gasteiger partial charge on any atom is 0.256 e. The van der Waals surface area contributed by atoms with Crippen LogP contribution in [0.5, 0.6) is 0 Å². The van der Waals surface area contributed by atoms with Crippen molar-refractivity contribution in [3.05, 3.63) is 0 Å². The molecule has 0 radical (unpaired) electrons. The van der Waals surface area contributed by atoms with Gasteiger partial charge < -0.3 is 5.32 Å². The van der Waals surface area contributed by atoms with Crippen LogP contribution in [-0.4, -0.2) is 17.6 Å². The first-order valence-electron chi connectivity index (χ1n) is 4.56. The largest absolute Gasteiger partial charge is 0.314 e. The van der Waals surface area contributed by atoms with Crippen molar-refractivity contribution < 1.29 is 9.59 Å². The van der Waals surface area contributed by atoms with Gasteiger partial charge in [-0.05, 0) is 6.92 Å². The van der Waals surface area contributed by atoms with Gasteiger partial charge in [0.1, 0.15) is 12.3 Å². The van der Waals surface area contributed by atoms with Gasteiger partial charge in [0.05, 0.1) is 0 Å². The lowest BCUT2D eigenvalue weighted by molar-refractivity contribution is -0.127. The smallest absolute Gasteiger partial charge is 0.256 e. The Morgan fingerprint density at radius 1 is 1.15 bits per heavy atom. The van der Waals surface area contributed by atoms with E-state index in [1.807, 2.05) is 27.7 Å². The van der Waals surface area contributed by atoms with Gasteiger partial charge in [-0.1, -0.05) is 27.7 Å². The molecule has 1 N–H and O–H groups in total. The Bertz CT molecular complexity index is 198. The molecule has 0 saturated carbocycles. The molecular weight excluding hydrogens is 168 g/mol. The topological polar surface area (TPSA) is 58.5 Å². The molecule has 0 aromatic carbocycles. The fourth-order valence-corrected chi connectivity index (χ4v) is 0.638. The Kier molecular flexibility index (Phi) is 9.82. The second-order valence-corrected chi connectivity index (χ2v) is 1.82. The number of amides is 2. The lowest BCUT2D eigenvalue weighted by atomic mass is 10.3. The SMILES string of the molecule is CC.CC.CC1=NC(=O)CC(=O)N1. The number of carbonyl (C=O) groups is 2. The van der Waals surface area contributed by atoms with Crippen LogP contribution >= 0.6 is 0 Å². The van der Waals surface area contributed by atoms with Crippen LogP contribution in [0.4, 0.5) is 0 Å². The number of hydrogen-bond donors (Lipinski definition) is 1. The number of amidine groups is 1. The Morgan fingerprint density at radius 3 is 1.92 bits per heavy atom. The van der Waals surface area contributed by atoms with Gasteiger partial charge in [0.2, 0.25) is 5.91 Å². The lowest BCUT2D eigenvalue weighted by Gasteiger charge is -2.06. The van der Waals surface area contributed by atoms with E-state index in [0.29, 0.717) is 5.84 Å². The van der Waals surface area contributed by atoms with Crippen LogP contribution in [0.1, 0.15) is 41.0 Å². The molecule has 0 spiro atoms. The molecule has 0 aliphatic carbocycles.